The maximum Gasteiger partial charge on any atom is 0.351 e. The minimum absolute atomic E-state index is 0.0243. The van der Waals surface area contributed by atoms with Crippen LogP contribution in [0.4, 0.5) is 0 Å². The van der Waals surface area contributed by atoms with Gasteiger partial charge in [-0.15, -0.1) is 0 Å². The van der Waals surface area contributed by atoms with Crippen molar-refractivity contribution >= 4 is 19.5 Å². The summed E-state index contributed by atoms with van der Waals surface area (Å²) < 4.78 is 11.5. The van der Waals surface area contributed by atoms with Gasteiger partial charge in [0.1, 0.15) is 0 Å². The van der Waals surface area contributed by atoms with Crippen LogP contribution in [0.3, 0.4) is 0 Å². The van der Waals surface area contributed by atoms with E-state index < -0.39 is 25.3 Å². The first-order valence-electron chi connectivity index (χ1n) is 6.47. The molecule has 1 atom stereocenters. The predicted molar refractivity (Wildman–Crippen MR) is 80.1 cm³/mol. The Morgan fingerprint density at radius 3 is 2.36 bits per heavy atom. The highest BCUT2D eigenvalue weighted by Crippen LogP contribution is 2.43. The van der Waals surface area contributed by atoms with Gasteiger partial charge < -0.3 is 20.2 Å². The number of nitrogens with one attached hydrogen (secondary N) is 1. The molecular weight excluding hydrogens is 309 g/mol. The molecule has 0 aromatic heterocycles. The van der Waals surface area contributed by atoms with E-state index >= 15 is 0 Å². The number of carboxylic acids is 1. The molecule has 0 radical (unpaired) electrons. The molecule has 0 fully saturated rings. The second kappa shape index (κ2) is 7.89. The van der Waals surface area contributed by atoms with Gasteiger partial charge in [-0.3, -0.25) is 14.2 Å². The third-order valence-electron chi connectivity index (χ3n) is 2.87. The molecule has 1 unspecified atom stereocenters. The Kier molecular flexibility index (Phi) is 6.49. The highest BCUT2D eigenvalue weighted by atomic mass is 31.2. The third-order valence-corrected chi connectivity index (χ3v) is 4.08. The van der Waals surface area contributed by atoms with Crippen LogP contribution in [0, 0.1) is 0 Å². The summed E-state index contributed by atoms with van der Waals surface area (Å²) in [6, 6.07) is 8.74. The van der Waals surface area contributed by atoms with Crippen molar-refractivity contribution in [3.63, 3.8) is 0 Å². The van der Waals surface area contributed by atoms with Gasteiger partial charge in [-0.05, 0) is 18.1 Å². The Balaban J connectivity index is 2.81. The SMILES string of the molecule is CC(=CCC(=O)O)C(NC(=O)Cc1ccccc1)P(=O)(O)O. The van der Waals surface area contributed by atoms with E-state index in [1.807, 2.05) is 0 Å². The van der Waals surface area contributed by atoms with Gasteiger partial charge in [0.25, 0.3) is 0 Å². The second-order valence-electron chi connectivity index (χ2n) is 4.77. The first-order chi connectivity index (χ1) is 10.2. The van der Waals surface area contributed by atoms with E-state index in [1.54, 1.807) is 30.3 Å². The first-order valence-corrected chi connectivity index (χ1v) is 8.15. The van der Waals surface area contributed by atoms with Crippen LogP contribution in [0.5, 0.6) is 0 Å². The standard InChI is InChI=1S/C14H18NO6P/c1-10(7-8-13(17)18)14(22(19,20)21)15-12(16)9-11-5-3-2-4-6-11/h2-7,14H,8-9H2,1H3,(H,15,16)(H,17,18)(H2,19,20,21). The van der Waals surface area contributed by atoms with Gasteiger partial charge in [-0.2, -0.15) is 0 Å². The molecule has 1 aromatic carbocycles. The van der Waals surface area contributed by atoms with Crippen molar-refractivity contribution in [2.24, 2.45) is 0 Å². The molecule has 22 heavy (non-hydrogen) atoms. The lowest BCUT2D eigenvalue weighted by molar-refractivity contribution is -0.136. The van der Waals surface area contributed by atoms with Crippen LogP contribution >= 0.6 is 7.60 Å². The molecule has 1 amide bonds. The van der Waals surface area contributed by atoms with Crippen LogP contribution in [0.1, 0.15) is 18.9 Å². The van der Waals surface area contributed by atoms with Crippen molar-refractivity contribution in [1.29, 1.82) is 0 Å². The fourth-order valence-corrected chi connectivity index (χ4v) is 2.76. The van der Waals surface area contributed by atoms with Gasteiger partial charge in [0.15, 0.2) is 5.78 Å². The quantitative estimate of drug-likeness (QED) is 0.442. The number of aliphatic carboxylic acids is 1. The van der Waals surface area contributed by atoms with Crippen molar-refractivity contribution < 1.29 is 29.0 Å². The van der Waals surface area contributed by atoms with E-state index in [2.05, 4.69) is 5.32 Å². The lowest BCUT2D eigenvalue weighted by atomic mass is 10.1. The number of carbonyl (C=O) groups is 2. The molecule has 4 N–H and O–H groups in total. The van der Waals surface area contributed by atoms with Crippen LogP contribution < -0.4 is 5.32 Å². The van der Waals surface area contributed by atoms with Crippen molar-refractivity contribution in [3.8, 4) is 0 Å². The Morgan fingerprint density at radius 1 is 1.27 bits per heavy atom. The summed E-state index contributed by atoms with van der Waals surface area (Å²) in [6.45, 7) is 1.37. The number of hydrogen-bond acceptors (Lipinski definition) is 3. The molecule has 0 aliphatic rings. The maximum atomic E-state index is 11.9. The van der Waals surface area contributed by atoms with Crippen molar-refractivity contribution in [2.45, 2.75) is 25.5 Å². The van der Waals surface area contributed by atoms with Gasteiger partial charge >= 0.3 is 13.6 Å². The van der Waals surface area contributed by atoms with Crippen LogP contribution in [0.25, 0.3) is 0 Å². The zero-order chi connectivity index (χ0) is 16.8. The summed E-state index contributed by atoms with van der Waals surface area (Å²) in [4.78, 5) is 41.1. The highest BCUT2D eigenvalue weighted by Gasteiger charge is 2.31. The van der Waals surface area contributed by atoms with Crippen molar-refractivity contribution in [1.82, 2.24) is 5.32 Å². The van der Waals surface area contributed by atoms with E-state index in [-0.39, 0.29) is 18.4 Å². The van der Waals surface area contributed by atoms with Crippen LogP contribution in [-0.4, -0.2) is 32.6 Å². The Labute approximate surface area is 127 Å². The number of carboxylic acid groups (broad SMARTS) is 1. The number of carbonyl (C=O) groups excluding carboxylic acids is 1. The fourth-order valence-electron chi connectivity index (χ4n) is 1.81. The van der Waals surface area contributed by atoms with Gasteiger partial charge in [-0.1, -0.05) is 36.4 Å². The number of rotatable bonds is 7. The van der Waals surface area contributed by atoms with Gasteiger partial charge in [-0.25, -0.2) is 0 Å². The fraction of sp³-hybridized carbons (Fsp3) is 0.286. The summed E-state index contributed by atoms with van der Waals surface area (Å²) in [6.07, 6.45) is 0.773. The number of amides is 1. The molecule has 0 saturated carbocycles. The average Bonchev–Trinajstić information content (AvgIpc) is 2.42. The van der Waals surface area contributed by atoms with Gasteiger partial charge in [0, 0.05) is 0 Å². The Hall–Kier alpha value is -1.95. The molecule has 0 bridgehead atoms. The van der Waals surface area contributed by atoms with Crippen molar-refractivity contribution in [2.75, 3.05) is 0 Å². The summed E-state index contributed by atoms with van der Waals surface area (Å²) in [5.41, 5.74) is 0.814. The first kappa shape index (κ1) is 18.1. The number of benzene rings is 1. The van der Waals surface area contributed by atoms with Gasteiger partial charge in [0.2, 0.25) is 5.91 Å². The normalized spacial score (nSPS) is 13.5. The predicted octanol–water partition coefficient (Wildman–Crippen LogP) is 1.27. The average molecular weight is 327 g/mol. The topological polar surface area (TPSA) is 124 Å². The zero-order valence-electron chi connectivity index (χ0n) is 12.0. The summed E-state index contributed by atoms with van der Waals surface area (Å²) in [5.74, 6) is -3.20. The molecule has 0 heterocycles. The summed E-state index contributed by atoms with van der Waals surface area (Å²) >= 11 is 0. The Bertz CT molecular complexity index is 607. The van der Waals surface area contributed by atoms with Crippen molar-refractivity contribution in [3.05, 3.63) is 47.5 Å². The highest BCUT2D eigenvalue weighted by molar-refractivity contribution is 7.52. The smallest absolute Gasteiger partial charge is 0.351 e. The molecular formula is C14H18NO6P. The molecule has 7 nitrogen and oxygen atoms in total. The summed E-state index contributed by atoms with van der Waals surface area (Å²) in [7, 11) is -4.64. The zero-order valence-corrected chi connectivity index (χ0v) is 12.9. The molecule has 1 rings (SSSR count). The Morgan fingerprint density at radius 2 is 1.86 bits per heavy atom. The molecule has 8 heteroatoms. The molecule has 0 saturated heterocycles. The van der Waals surface area contributed by atoms with E-state index in [1.165, 1.54) is 13.0 Å². The molecule has 0 aliphatic heterocycles. The molecule has 1 aromatic rings. The van der Waals surface area contributed by atoms with E-state index in [0.717, 1.165) is 0 Å². The van der Waals surface area contributed by atoms with E-state index in [9.17, 15) is 23.9 Å². The molecule has 120 valence electrons. The molecule has 0 aliphatic carbocycles. The minimum atomic E-state index is -4.64. The third kappa shape index (κ3) is 6.22. The van der Waals surface area contributed by atoms with Crippen LogP contribution in [-0.2, 0) is 20.6 Å². The molecule has 0 spiro atoms. The van der Waals surface area contributed by atoms with E-state index in [4.69, 9.17) is 5.11 Å². The lowest BCUT2D eigenvalue weighted by Gasteiger charge is -2.21. The van der Waals surface area contributed by atoms with Crippen LogP contribution in [0.2, 0.25) is 0 Å². The minimum Gasteiger partial charge on any atom is -0.481 e. The van der Waals surface area contributed by atoms with Crippen LogP contribution in [0.15, 0.2) is 42.0 Å². The largest absolute Gasteiger partial charge is 0.481 e. The number of hydrogen-bond donors (Lipinski definition) is 4. The lowest BCUT2D eigenvalue weighted by Crippen LogP contribution is -2.36. The monoisotopic (exact) mass is 327 g/mol. The van der Waals surface area contributed by atoms with E-state index in [0.29, 0.717) is 5.56 Å². The maximum absolute atomic E-state index is 11.9. The summed E-state index contributed by atoms with van der Waals surface area (Å²) in [5, 5.41) is 10.9. The second-order valence-corrected chi connectivity index (χ2v) is 6.46. The van der Waals surface area contributed by atoms with Gasteiger partial charge in [0.05, 0.1) is 12.8 Å².